The summed E-state index contributed by atoms with van der Waals surface area (Å²) in [5.41, 5.74) is 0. The van der Waals surface area contributed by atoms with Crippen LogP contribution in [-0.4, -0.2) is 31.8 Å². The Morgan fingerprint density at radius 3 is 2.89 bits per heavy atom. The summed E-state index contributed by atoms with van der Waals surface area (Å²) in [6.45, 7) is 2.07. The zero-order valence-electron chi connectivity index (χ0n) is 10.7. The Kier molecular flexibility index (Phi) is 3.11. The summed E-state index contributed by atoms with van der Waals surface area (Å²) in [6.07, 6.45) is 1.54. The summed E-state index contributed by atoms with van der Waals surface area (Å²) in [5, 5.41) is 9.83. The average Bonchev–Trinajstić information content (AvgIpc) is 2.95. The van der Waals surface area contributed by atoms with Crippen molar-refractivity contribution in [2.75, 3.05) is 12.4 Å². The van der Waals surface area contributed by atoms with Crippen LogP contribution in [0.15, 0.2) is 22.6 Å². The molecule has 0 saturated heterocycles. The number of aryl methyl sites for hydroxylation is 2. The Bertz CT molecular complexity index is 732. The van der Waals surface area contributed by atoms with Gasteiger partial charge in [-0.15, -0.1) is 11.3 Å². The van der Waals surface area contributed by atoms with Gasteiger partial charge in [-0.25, -0.2) is 19.6 Å². The van der Waals surface area contributed by atoms with Crippen molar-refractivity contribution in [2.24, 2.45) is 7.05 Å². The molecule has 0 fully saturated rings. The predicted molar refractivity (Wildman–Crippen MR) is 76.8 cm³/mol. The van der Waals surface area contributed by atoms with E-state index >= 15 is 0 Å². The van der Waals surface area contributed by atoms with Gasteiger partial charge in [-0.2, -0.15) is 5.10 Å². The molecular formula is C11H12N6S2. The zero-order chi connectivity index (χ0) is 13.4. The molecule has 0 aliphatic rings. The Hall–Kier alpha value is -1.67. The molecule has 0 bridgehead atoms. The molecule has 3 aromatic heterocycles. The fourth-order valence-electron chi connectivity index (χ4n) is 1.67. The number of anilines is 1. The summed E-state index contributed by atoms with van der Waals surface area (Å²) in [4.78, 5) is 15.4. The number of nitrogens with one attached hydrogen (secondary N) is 1. The quantitative estimate of drug-likeness (QED) is 0.747. The molecule has 3 aromatic rings. The SMILES string of the molecule is CNc1nc(Sc2ncnn2C)c2cc(C)sc2n1. The van der Waals surface area contributed by atoms with Gasteiger partial charge in [-0.1, -0.05) is 0 Å². The van der Waals surface area contributed by atoms with E-state index in [9.17, 15) is 0 Å². The van der Waals surface area contributed by atoms with Gasteiger partial charge in [0, 0.05) is 24.4 Å². The Labute approximate surface area is 118 Å². The third kappa shape index (κ3) is 2.28. The lowest BCUT2D eigenvalue weighted by atomic mass is 10.4. The van der Waals surface area contributed by atoms with Crippen molar-refractivity contribution >= 4 is 39.3 Å². The number of nitrogens with zero attached hydrogens (tertiary/aromatic N) is 5. The van der Waals surface area contributed by atoms with Crippen LogP contribution in [0.1, 0.15) is 4.88 Å². The Morgan fingerprint density at radius 1 is 1.37 bits per heavy atom. The molecule has 8 heteroatoms. The predicted octanol–water partition coefficient (Wildman–Crippen LogP) is 2.32. The summed E-state index contributed by atoms with van der Waals surface area (Å²) in [5.74, 6) is 0.624. The van der Waals surface area contributed by atoms with Gasteiger partial charge >= 0.3 is 0 Å². The number of thiophene rings is 1. The normalized spacial score (nSPS) is 11.1. The molecule has 3 heterocycles. The molecule has 0 amide bonds. The van der Waals surface area contributed by atoms with Crippen LogP contribution < -0.4 is 5.32 Å². The van der Waals surface area contributed by atoms with E-state index in [-0.39, 0.29) is 0 Å². The van der Waals surface area contributed by atoms with Crippen LogP contribution in [-0.2, 0) is 7.05 Å². The second-order valence-electron chi connectivity index (χ2n) is 3.95. The van der Waals surface area contributed by atoms with Crippen LogP contribution in [0.5, 0.6) is 0 Å². The van der Waals surface area contributed by atoms with Gasteiger partial charge < -0.3 is 5.32 Å². The number of rotatable bonds is 3. The third-order valence-electron chi connectivity index (χ3n) is 2.56. The first kappa shape index (κ1) is 12.4. The van der Waals surface area contributed by atoms with Crippen LogP contribution in [0.25, 0.3) is 10.2 Å². The molecule has 0 saturated carbocycles. The monoisotopic (exact) mass is 292 g/mol. The van der Waals surface area contributed by atoms with Crippen LogP contribution in [0.4, 0.5) is 5.95 Å². The molecule has 3 rings (SSSR count). The molecule has 19 heavy (non-hydrogen) atoms. The first-order valence-corrected chi connectivity index (χ1v) is 7.28. The van der Waals surface area contributed by atoms with Crippen molar-refractivity contribution < 1.29 is 0 Å². The summed E-state index contributed by atoms with van der Waals surface area (Å²) in [7, 11) is 3.68. The van der Waals surface area contributed by atoms with Gasteiger partial charge in [-0.05, 0) is 24.8 Å². The molecule has 98 valence electrons. The fraction of sp³-hybridized carbons (Fsp3) is 0.273. The zero-order valence-corrected chi connectivity index (χ0v) is 12.3. The molecule has 0 aromatic carbocycles. The highest BCUT2D eigenvalue weighted by Crippen LogP contribution is 2.34. The van der Waals surface area contributed by atoms with Gasteiger partial charge in [0.15, 0.2) is 5.16 Å². The van der Waals surface area contributed by atoms with E-state index in [2.05, 4.69) is 38.4 Å². The van der Waals surface area contributed by atoms with Crippen LogP contribution in [0.2, 0.25) is 0 Å². The third-order valence-corrected chi connectivity index (χ3v) is 4.56. The highest BCUT2D eigenvalue weighted by atomic mass is 32.2. The number of hydrogen-bond donors (Lipinski definition) is 1. The van der Waals surface area contributed by atoms with Crippen molar-refractivity contribution in [2.45, 2.75) is 17.1 Å². The standard InChI is InChI=1S/C11H12N6S2/c1-6-4-7-8(18-6)15-10(12-2)16-9(7)19-11-13-5-14-17(11)3/h4-5H,1-3H3,(H,12,15,16). The first-order valence-electron chi connectivity index (χ1n) is 5.65. The second-order valence-corrected chi connectivity index (χ2v) is 6.14. The summed E-state index contributed by atoms with van der Waals surface area (Å²) in [6, 6.07) is 2.11. The van der Waals surface area contributed by atoms with Gasteiger partial charge in [0.1, 0.15) is 16.2 Å². The highest BCUT2D eigenvalue weighted by molar-refractivity contribution is 7.99. The minimum Gasteiger partial charge on any atom is -0.357 e. The van der Waals surface area contributed by atoms with Crippen LogP contribution in [0.3, 0.4) is 0 Å². The number of fused-ring (bicyclic) bond motifs is 1. The Morgan fingerprint density at radius 2 is 2.21 bits per heavy atom. The van der Waals surface area contributed by atoms with E-state index in [1.54, 1.807) is 22.3 Å². The number of aromatic nitrogens is 5. The molecule has 0 spiro atoms. The van der Waals surface area contributed by atoms with Gasteiger partial charge in [-0.3, -0.25) is 0 Å². The van der Waals surface area contributed by atoms with E-state index in [0.29, 0.717) is 5.95 Å². The molecule has 0 radical (unpaired) electrons. The van der Waals surface area contributed by atoms with Crippen LogP contribution in [0, 0.1) is 6.92 Å². The molecule has 0 aliphatic carbocycles. The average molecular weight is 292 g/mol. The highest BCUT2D eigenvalue weighted by Gasteiger charge is 2.13. The van der Waals surface area contributed by atoms with Crippen molar-refractivity contribution in [1.29, 1.82) is 0 Å². The first-order chi connectivity index (χ1) is 9.17. The van der Waals surface area contributed by atoms with Crippen molar-refractivity contribution in [3.05, 3.63) is 17.3 Å². The molecule has 0 aliphatic heterocycles. The maximum absolute atomic E-state index is 4.51. The van der Waals surface area contributed by atoms with E-state index in [1.165, 1.54) is 16.6 Å². The number of hydrogen-bond acceptors (Lipinski definition) is 7. The van der Waals surface area contributed by atoms with Crippen molar-refractivity contribution in [3.8, 4) is 0 Å². The minimum atomic E-state index is 0.624. The van der Waals surface area contributed by atoms with Gasteiger partial charge in [0.05, 0.1) is 0 Å². The molecule has 6 nitrogen and oxygen atoms in total. The lowest BCUT2D eigenvalue weighted by Gasteiger charge is -2.04. The lowest BCUT2D eigenvalue weighted by molar-refractivity contribution is 0.685. The summed E-state index contributed by atoms with van der Waals surface area (Å²) < 4.78 is 1.73. The van der Waals surface area contributed by atoms with Crippen molar-refractivity contribution in [3.63, 3.8) is 0 Å². The molecule has 0 unspecified atom stereocenters. The molecular weight excluding hydrogens is 280 g/mol. The van der Waals surface area contributed by atoms with E-state index < -0.39 is 0 Å². The summed E-state index contributed by atoms with van der Waals surface area (Å²) >= 11 is 3.16. The van der Waals surface area contributed by atoms with Crippen molar-refractivity contribution in [1.82, 2.24) is 24.7 Å². The van der Waals surface area contributed by atoms with E-state index in [1.807, 2.05) is 14.1 Å². The second kappa shape index (κ2) is 4.78. The maximum atomic E-state index is 4.51. The topological polar surface area (TPSA) is 68.5 Å². The Balaban J connectivity index is 2.13. The fourth-order valence-corrected chi connectivity index (χ4v) is 3.46. The maximum Gasteiger partial charge on any atom is 0.224 e. The van der Waals surface area contributed by atoms with Gasteiger partial charge in [0.25, 0.3) is 0 Å². The lowest BCUT2D eigenvalue weighted by Crippen LogP contribution is -1.98. The van der Waals surface area contributed by atoms with E-state index in [0.717, 1.165) is 20.4 Å². The molecule has 0 atom stereocenters. The van der Waals surface area contributed by atoms with Crippen LogP contribution >= 0.6 is 23.1 Å². The van der Waals surface area contributed by atoms with Gasteiger partial charge in [0.2, 0.25) is 5.95 Å². The molecule has 1 N–H and O–H groups in total. The largest absolute Gasteiger partial charge is 0.357 e. The smallest absolute Gasteiger partial charge is 0.224 e. The minimum absolute atomic E-state index is 0.624. The van der Waals surface area contributed by atoms with E-state index in [4.69, 9.17) is 0 Å².